The monoisotopic (exact) mass is 357 g/mol. The number of hydrogen-bond acceptors (Lipinski definition) is 5. The summed E-state index contributed by atoms with van der Waals surface area (Å²) in [7, 11) is -2.30. The van der Waals surface area contributed by atoms with E-state index in [0.717, 1.165) is 0 Å². The van der Waals surface area contributed by atoms with Gasteiger partial charge >= 0.3 is 0 Å². The molecule has 1 heterocycles. The molecule has 0 saturated heterocycles. The SMILES string of the molecule is COc1ccc(NS(=O)(=O)c2ncccc2N)cc1Br. The molecule has 0 amide bonds. The van der Waals surface area contributed by atoms with Crippen molar-refractivity contribution in [2.24, 2.45) is 0 Å². The van der Waals surface area contributed by atoms with Crippen molar-refractivity contribution in [3.05, 3.63) is 41.0 Å². The summed E-state index contributed by atoms with van der Waals surface area (Å²) in [4.78, 5) is 3.79. The quantitative estimate of drug-likeness (QED) is 0.874. The van der Waals surface area contributed by atoms with Gasteiger partial charge in [0.2, 0.25) is 0 Å². The molecule has 0 unspecified atom stereocenters. The van der Waals surface area contributed by atoms with Gasteiger partial charge < -0.3 is 10.5 Å². The number of sulfonamides is 1. The van der Waals surface area contributed by atoms with Gasteiger partial charge in [-0.2, -0.15) is 8.42 Å². The van der Waals surface area contributed by atoms with E-state index in [2.05, 4.69) is 25.6 Å². The Morgan fingerprint density at radius 2 is 2.10 bits per heavy atom. The molecule has 0 bridgehead atoms. The number of methoxy groups -OCH3 is 1. The van der Waals surface area contributed by atoms with E-state index < -0.39 is 10.0 Å². The van der Waals surface area contributed by atoms with E-state index in [9.17, 15) is 8.42 Å². The highest BCUT2D eigenvalue weighted by atomic mass is 79.9. The Morgan fingerprint density at radius 1 is 1.35 bits per heavy atom. The molecule has 6 nitrogen and oxygen atoms in total. The van der Waals surface area contributed by atoms with E-state index in [4.69, 9.17) is 10.5 Å². The highest BCUT2D eigenvalue weighted by Gasteiger charge is 2.19. The van der Waals surface area contributed by atoms with E-state index in [0.29, 0.717) is 15.9 Å². The highest BCUT2D eigenvalue weighted by molar-refractivity contribution is 9.10. The third-order valence-corrected chi connectivity index (χ3v) is 4.43. The van der Waals surface area contributed by atoms with Crippen molar-refractivity contribution in [3.8, 4) is 5.75 Å². The summed E-state index contributed by atoms with van der Waals surface area (Å²) >= 11 is 3.29. The Bertz CT molecular complexity index is 734. The summed E-state index contributed by atoms with van der Waals surface area (Å²) in [5, 5.41) is -0.202. The summed E-state index contributed by atoms with van der Waals surface area (Å²) < 4.78 is 32.5. The van der Waals surface area contributed by atoms with Crippen LogP contribution < -0.4 is 15.2 Å². The van der Waals surface area contributed by atoms with Gasteiger partial charge in [-0.1, -0.05) is 0 Å². The first-order valence-corrected chi connectivity index (χ1v) is 7.78. The lowest BCUT2D eigenvalue weighted by atomic mass is 10.3. The van der Waals surface area contributed by atoms with Crippen LogP contribution in [0.25, 0.3) is 0 Å². The van der Waals surface area contributed by atoms with Crippen molar-refractivity contribution in [1.29, 1.82) is 0 Å². The fourth-order valence-electron chi connectivity index (χ4n) is 1.56. The van der Waals surface area contributed by atoms with E-state index in [1.54, 1.807) is 24.3 Å². The molecule has 0 spiro atoms. The van der Waals surface area contributed by atoms with Crippen LogP contribution in [0.15, 0.2) is 46.0 Å². The first-order chi connectivity index (χ1) is 9.44. The van der Waals surface area contributed by atoms with Gasteiger partial charge in [0.1, 0.15) is 5.75 Å². The Kier molecular flexibility index (Phi) is 4.15. The topological polar surface area (TPSA) is 94.3 Å². The summed E-state index contributed by atoms with van der Waals surface area (Å²) in [6.07, 6.45) is 1.37. The van der Waals surface area contributed by atoms with Crippen molar-refractivity contribution < 1.29 is 13.2 Å². The van der Waals surface area contributed by atoms with E-state index in [-0.39, 0.29) is 10.7 Å². The zero-order valence-corrected chi connectivity index (χ0v) is 12.9. The normalized spacial score (nSPS) is 11.1. The standard InChI is InChI=1S/C12H12BrN3O3S/c1-19-11-5-4-8(7-9(11)13)16-20(17,18)12-10(14)3-2-6-15-12/h2-7,16H,14H2,1H3. The van der Waals surface area contributed by atoms with Crippen LogP contribution in [-0.4, -0.2) is 20.5 Å². The second-order valence-corrected chi connectivity index (χ2v) is 6.30. The van der Waals surface area contributed by atoms with Gasteiger partial charge in [0, 0.05) is 6.20 Å². The molecule has 0 aliphatic carbocycles. The number of benzene rings is 1. The summed E-state index contributed by atoms with van der Waals surface area (Å²) in [5.41, 5.74) is 6.09. The predicted octanol–water partition coefficient (Wildman–Crippen LogP) is 2.24. The number of rotatable bonds is 4. The zero-order chi connectivity index (χ0) is 14.8. The molecule has 1 aromatic carbocycles. The van der Waals surface area contributed by atoms with Gasteiger partial charge in [-0.25, -0.2) is 4.98 Å². The Morgan fingerprint density at radius 3 is 2.70 bits per heavy atom. The van der Waals surface area contributed by atoms with E-state index in [1.165, 1.54) is 19.4 Å². The molecule has 0 saturated carbocycles. The van der Waals surface area contributed by atoms with Gasteiger partial charge in [-0.05, 0) is 46.3 Å². The largest absolute Gasteiger partial charge is 0.496 e. The average Bonchev–Trinajstić information content (AvgIpc) is 2.38. The number of aromatic nitrogens is 1. The van der Waals surface area contributed by atoms with Crippen molar-refractivity contribution in [1.82, 2.24) is 4.98 Å². The average molecular weight is 358 g/mol. The number of nitrogens with zero attached hydrogens (tertiary/aromatic N) is 1. The van der Waals surface area contributed by atoms with Gasteiger partial charge in [-0.3, -0.25) is 4.72 Å². The molecular formula is C12H12BrN3O3S. The molecule has 3 N–H and O–H groups in total. The lowest BCUT2D eigenvalue weighted by Crippen LogP contribution is -2.16. The van der Waals surface area contributed by atoms with Crippen LogP contribution in [0.5, 0.6) is 5.75 Å². The number of nitrogens with one attached hydrogen (secondary N) is 1. The van der Waals surface area contributed by atoms with Crippen LogP contribution in [0.1, 0.15) is 0 Å². The van der Waals surface area contributed by atoms with Crippen molar-refractivity contribution in [3.63, 3.8) is 0 Å². The Balaban J connectivity index is 2.34. The Hall–Kier alpha value is -1.80. The molecule has 0 aliphatic rings. The maximum absolute atomic E-state index is 12.2. The molecular weight excluding hydrogens is 346 g/mol. The van der Waals surface area contributed by atoms with Gasteiger partial charge in [0.25, 0.3) is 10.0 Å². The van der Waals surface area contributed by atoms with Crippen LogP contribution in [0, 0.1) is 0 Å². The van der Waals surface area contributed by atoms with Crippen LogP contribution >= 0.6 is 15.9 Å². The van der Waals surface area contributed by atoms with E-state index >= 15 is 0 Å². The van der Waals surface area contributed by atoms with Crippen LogP contribution in [0.4, 0.5) is 11.4 Å². The fourth-order valence-corrected chi connectivity index (χ4v) is 3.21. The summed E-state index contributed by atoms with van der Waals surface area (Å²) in [6, 6.07) is 7.86. The molecule has 1 aromatic heterocycles. The number of nitrogen functional groups attached to an aromatic ring is 1. The molecule has 0 aliphatic heterocycles. The molecule has 20 heavy (non-hydrogen) atoms. The highest BCUT2D eigenvalue weighted by Crippen LogP contribution is 2.29. The van der Waals surface area contributed by atoms with Crippen LogP contribution in [-0.2, 0) is 10.0 Å². The molecule has 106 valence electrons. The van der Waals surface area contributed by atoms with E-state index in [1.807, 2.05) is 0 Å². The van der Waals surface area contributed by atoms with Crippen LogP contribution in [0.2, 0.25) is 0 Å². The lowest BCUT2D eigenvalue weighted by Gasteiger charge is -2.10. The van der Waals surface area contributed by atoms with Crippen molar-refractivity contribution >= 4 is 37.3 Å². The third-order valence-electron chi connectivity index (χ3n) is 2.46. The third kappa shape index (κ3) is 3.02. The molecule has 0 radical (unpaired) electrons. The maximum Gasteiger partial charge on any atom is 0.281 e. The number of hydrogen-bond donors (Lipinski definition) is 2. The summed E-state index contributed by atoms with van der Waals surface area (Å²) in [5.74, 6) is 0.602. The van der Waals surface area contributed by atoms with Gasteiger partial charge in [0.15, 0.2) is 5.03 Å². The lowest BCUT2D eigenvalue weighted by molar-refractivity contribution is 0.412. The zero-order valence-electron chi connectivity index (χ0n) is 10.5. The minimum absolute atomic E-state index is 0.0903. The fraction of sp³-hybridized carbons (Fsp3) is 0.0833. The number of anilines is 2. The van der Waals surface area contributed by atoms with Crippen molar-refractivity contribution in [2.45, 2.75) is 5.03 Å². The molecule has 8 heteroatoms. The smallest absolute Gasteiger partial charge is 0.281 e. The number of halogens is 1. The number of pyridine rings is 1. The minimum Gasteiger partial charge on any atom is -0.496 e. The molecule has 0 fully saturated rings. The van der Waals surface area contributed by atoms with Gasteiger partial charge in [0.05, 0.1) is 23.0 Å². The van der Waals surface area contributed by atoms with Crippen LogP contribution in [0.3, 0.4) is 0 Å². The predicted molar refractivity (Wildman–Crippen MR) is 80.2 cm³/mol. The first kappa shape index (κ1) is 14.6. The van der Waals surface area contributed by atoms with Crippen molar-refractivity contribution in [2.75, 3.05) is 17.6 Å². The first-order valence-electron chi connectivity index (χ1n) is 5.51. The number of nitrogens with two attached hydrogens (primary N) is 1. The summed E-state index contributed by atoms with van der Waals surface area (Å²) in [6.45, 7) is 0. The number of ether oxygens (including phenoxy) is 1. The maximum atomic E-state index is 12.2. The second kappa shape index (κ2) is 5.68. The molecule has 0 atom stereocenters. The molecule has 2 aromatic rings. The second-order valence-electron chi connectivity index (χ2n) is 3.85. The molecule has 2 rings (SSSR count). The minimum atomic E-state index is -3.83. The van der Waals surface area contributed by atoms with Gasteiger partial charge in [-0.15, -0.1) is 0 Å². The Labute approximate surface area is 125 Å².